The van der Waals surface area contributed by atoms with E-state index in [0.29, 0.717) is 11.4 Å². The van der Waals surface area contributed by atoms with Crippen molar-refractivity contribution in [1.82, 2.24) is 4.98 Å². The molecule has 0 aliphatic rings. The minimum absolute atomic E-state index is 0.0287. The molecule has 1 heterocycles. The Balaban J connectivity index is 1.74. The quantitative estimate of drug-likeness (QED) is 0.593. The maximum atomic E-state index is 12.6. The van der Waals surface area contributed by atoms with E-state index in [4.69, 9.17) is 9.47 Å². The number of nitrogens with one attached hydrogen (secondary N) is 1. The van der Waals surface area contributed by atoms with Gasteiger partial charge in [-0.25, -0.2) is 4.98 Å². The van der Waals surface area contributed by atoms with Gasteiger partial charge >= 0.3 is 6.61 Å². The topological polar surface area (TPSA) is 69.7 Å². The summed E-state index contributed by atoms with van der Waals surface area (Å²) in [6, 6.07) is 10.9. The van der Waals surface area contributed by atoms with Gasteiger partial charge < -0.3 is 19.5 Å². The van der Waals surface area contributed by atoms with Crippen molar-refractivity contribution in [1.29, 1.82) is 0 Å². The Labute approximate surface area is 163 Å². The van der Waals surface area contributed by atoms with Crippen LogP contribution in [0.25, 0.3) is 0 Å². The summed E-state index contributed by atoms with van der Waals surface area (Å²) in [5.74, 6) is -0.0952. The normalized spacial score (nSPS) is 10.6. The first-order valence-corrected chi connectivity index (χ1v) is 9.04. The zero-order chi connectivity index (χ0) is 19.9. The van der Waals surface area contributed by atoms with Crippen molar-refractivity contribution in [3.8, 4) is 17.2 Å². The third-order valence-corrected chi connectivity index (χ3v) is 4.27. The molecule has 0 atom stereocenters. The van der Waals surface area contributed by atoms with Gasteiger partial charge in [-0.2, -0.15) is 8.78 Å². The van der Waals surface area contributed by atoms with Gasteiger partial charge in [0, 0.05) is 10.9 Å². The van der Waals surface area contributed by atoms with E-state index in [1.807, 2.05) is 5.38 Å². The van der Waals surface area contributed by atoms with Crippen LogP contribution in [0.5, 0.6) is 17.2 Å². The van der Waals surface area contributed by atoms with Gasteiger partial charge in [-0.3, -0.25) is 4.79 Å². The molecule has 0 aliphatic carbocycles. The molecule has 0 fully saturated rings. The van der Waals surface area contributed by atoms with Gasteiger partial charge in [-0.05, 0) is 30.3 Å². The molecule has 0 aliphatic heterocycles. The first-order chi connectivity index (χ1) is 13.6. The monoisotopic (exact) mass is 406 g/mol. The largest absolute Gasteiger partial charge is 0.493 e. The van der Waals surface area contributed by atoms with Crippen LogP contribution in [0.2, 0.25) is 0 Å². The lowest BCUT2D eigenvalue weighted by molar-refractivity contribution is -0.0512. The van der Waals surface area contributed by atoms with Crippen LogP contribution >= 0.6 is 11.3 Å². The van der Waals surface area contributed by atoms with Gasteiger partial charge in [0.15, 0.2) is 11.5 Å². The number of nitrogens with zero attached hydrogens (tertiary/aromatic N) is 1. The smallest absolute Gasteiger partial charge is 0.387 e. The molecule has 1 N–H and O–H groups in total. The SMILES string of the molecule is COc1cc(C(=O)Nc2ccccc2OCc2cscn2)ccc1OC(F)F. The van der Waals surface area contributed by atoms with Crippen molar-refractivity contribution in [2.75, 3.05) is 12.4 Å². The van der Waals surface area contributed by atoms with E-state index in [0.717, 1.165) is 5.69 Å². The Kier molecular flexibility index (Phi) is 6.38. The molecule has 2 aromatic carbocycles. The summed E-state index contributed by atoms with van der Waals surface area (Å²) in [7, 11) is 1.30. The Morgan fingerprint density at radius 3 is 2.71 bits per heavy atom. The number of carbonyl (C=O) groups is 1. The molecule has 3 aromatic rings. The molecule has 146 valence electrons. The summed E-state index contributed by atoms with van der Waals surface area (Å²) in [6.07, 6.45) is 0. The van der Waals surface area contributed by atoms with E-state index < -0.39 is 12.5 Å². The number of rotatable bonds is 8. The lowest BCUT2D eigenvalue weighted by Crippen LogP contribution is -2.13. The molecule has 28 heavy (non-hydrogen) atoms. The Hall–Kier alpha value is -3.20. The number of hydrogen-bond acceptors (Lipinski definition) is 6. The number of thiazole rings is 1. The molecular formula is C19H16F2N2O4S. The fourth-order valence-electron chi connectivity index (χ4n) is 2.35. The van der Waals surface area contributed by atoms with Gasteiger partial charge in [-0.1, -0.05) is 12.1 Å². The second-order valence-corrected chi connectivity index (χ2v) is 6.18. The second kappa shape index (κ2) is 9.14. The summed E-state index contributed by atoms with van der Waals surface area (Å²) in [4.78, 5) is 16.7. The molecular weight excluding hydrogens is 390 g/mol. The van der Waals surface area contributed by atoms with Gasteiger partial charge in [0.05, 0.1) is 24.0 Å². The fraction of sp³-hybridized carbons (Fsp3) is 0.158. The number of carbonyl (C=O) groups excluding carboxylic acids is 1. The highest BCUT2D eigenvalue weighted by Gasteiger charge is 2.15. The Morgan fingerprint density at radius 1 is 1.18 bits per heavy atom. The molecule has 0 bridgehead atoms. The number of methoxy groups -OCH3 is 1. The van der Waals surface area contributed by atoms with Gasteiger partial charge in [0.1, 0.15) is 12.4 Å². The molecule has 6 nitrogen and oxygen atoms in total. The molecule has 0 saturated carbocycles. The van der Waals surface area contributed by atoms with Crippen LogP contribution in [0.15, 0.2) is 53.4 Å². The first-order valence-electron chi connectivity index (χ1n) is 8.10. The van der Waals surface area contributed by atoms with Gasteiger partial charge in [0.2, 0.25) is 0 Å². The average Bonchev–Trinajstić information content (AvgIpc) is 3.20. The van der Waals surface area contributed by atoms with E-state index in [1.54, 1.807) is 29.8 Å². The van der Waals surface area contributed by atoms with Gasteiger partial charge in [-0.15, -0.1) is 11.3 Å². The predicted octanol–water partition coefficient (Wildman–Crippen LogP) is 4.58. The van der Waals surface area contributed by atoms with Crippen LogP contribution in [0.4, 0.5) is 14.5 Å². The van der Waals surface area contributed by atoms with Crippen LogP contribution in [0.1, 0.15) is 16.1 Å². The zero-order valence-electron chi connectivity index (χ0n) is 14.7. The Morgan fingerprint density at radius 2 is 2.00 bits per heavy atom. The zero-order valence-corrected chi connectivity index (χ0v) is 15.5. The predicted molar refractivity (Wildman–Crippen MR) is 100 cm³/mol. The highest BCUT2D eigenvalue weighted by Crippen LogP contribution is 2.30. The number of amides is 1. The number of benzene rings is 2. The second-order valence-electron chi connectivity index (χ2n) is 5.46. The number of para-hydroxylation sites is 2. The van der Waals surface area contributed by atoms with E-state index in [-0.39, 0.29) is 23.7 Å². The Bertz CT molecular complexity index is 935. The maximum absolute atomic E-state index is 12.6. The van der Waals surface area contributed by atoms with Crippen molar-refractivity contribution in [3.05, 3.63) is 64.6 Å². The van der Waals surface area contributed by atoms with Crippen LogP contribution < -0.4 is 19.5 Å². The standard InChI is InChI=1S/C19H16F2N2O4S/c1-25-17-8-12(6-7-16(17)27-19(20)21)18(24)23-14-4-2-3-5-15(14)26-9-13-10-28-11-22-13/h2-8,10-11,19H,9H2,1H3,(H,23,24). The van der Waals surface area contributed by atoms with E-state index in [9.17, 15) is 13.6 Å². The minimum atomic E-state index is -2.99. The van der Waals surface area contributed by atoms with Crippen molar-refractivity contribution in [2.45, 2.75) is 13.2 Å². The molecule has 1 amide bonds. The molecule has 3 rings (SSSR count). The number of alkyl halides is 2. The van der Waals surface area contributed by atoms with Crippen molar-refractivity contribution in [2.24, 2.45) is 0 Å². The summed E-state index contributed by atoms with van der Waals surface area (Å²) in [6.45, 7) is -2.72. The first kappa shape index (κ1) is 19.6. The average molecular weight is 406 g/mol. The molecule has 9 heteroatoms. The summed E-state index contributed by atoms with van der Waals surface area (Å²) in [5.41, 5.74) is 3.18. The number of anilines is 1. The highest BCUT2D eigenvalue weighted by molar-refractivity contribution is 7.07. The molecule has 0 spiro atoms. The summed E-state index contributed by atoms with van der Waals surface area (Å²) in [5, 5.41) is 4.61. The molecule has 0 radical (unpaired) electrons. The third-order valence-electron chi connectivity index (χ3n) is 3.64. The van der Waals surface area contributed by atoms with Crippen molar-refractivity contribution >= 4 is 22.9 Å². The summed E-state index contributed by atoms with van der Waals surface area (Å²) < 4.78 is 40.0. The fourth-order valence-corrected chi connectivity index (χ4v) is 2.90. The molecule has 0 unspecified atom stereocenters. The minimum Gasteiger partial charge on any atom is -0.493 e. The van der Waals surface area contributed by atoms with Crippen molar-refractivity contribution < 1.29 is 27.8 Å². The molecule has 0 saturated heterocycles. The van der Waals surface area contributed by atoms with Crippen molar-refractivity contribution in [3.63, 3.8) is 0 Å². The van der Waals surface area contributed by atoms with Crippen LogP contribution in [0.3, 0.4) is 0 Å². The maximum Gasteiger partial charge on any atom is 0.387 e. The van der Waals surface area contributed by atoms with E-state index >= 15 is 0 Å². The van der Waals surface area contributed by atoms with E-state index in [2.05, 4.69) is 15.0 Å². The number of hydrogen-bond donors (Lipinski definition) is 1. The van der Waals surface area contributed by atoms with Gasteiger partial charge in [0.25, 0.3) is 5.91 Å². The lowest BCUT2D eigenvalue weighted by Gasteiger charge is -2.13. The lowest BCUT2D eigenvalue weighted by atomic mass is 10.1. The van der Waals surface area contributed by atoms with E-state index in [1.165, 1.54) is 36.6 Å². The number of halogens is 2. The van der Waals surface area contributed by atoms with Crippen LogP contribution in [0, 0.1) is 0 Å². The van der Waals surface area contributed by atoms with Crippen LogP contribution in [-0.2, 0) is 6.61 Å². The molecule has 1 aromatic heterocycles. The summed E-state index contributed by atoms with van der Waals surface area (Å²) >= 11 is 1.47. The highest BCUT2D eigenvalue weighted by atomic mass is 32.1. The number of ether oxygens (including phenoxy) is 3. The number of aromatic nitrogens is 1. The third kappa shape index (κ3) is 4.95. The van der Waals surface area contributed by atoms with Crippen LogP contribution in [-0.4, -0.2) is 24.6 Å².